The Labute approximate surface area is 117 Å². The fourth-order valence-electron chi connectivity index (χ4n) is 2.37. The molecule has 0 unspecified atom stereocenters. The topological polar surface area (TPSA) is 80.9 Å². The molecule has 0 atom stereocenters. The summed E-state index contributed by atoms with van der Waals surface area (Å²) >= 11 is 0. The number of nitrogen functional groups attached to an aromatic ring is 1. The molecule has 0 bridgehead atoms. The summed E-state index contributed by atoms with van der Waals surface area (Å²) in [4.78, 5) is 19.9. The molecule has 3 N–H and O–H groups in total. The van der Waals surface area contributed by atoms with Crippen molar-refractivity contribution in [1.29, 1.82) is 0 Å². The third-order valence-electron chi connectivity index (χ3n) is 3.77. The zero-order valence-corrected chi connectivity index (χ0v) is 11.0. The van der Waals surface area contributed by atoms with E-state index in [1.165, 1.54) is 18.0 Å². The Morgan fingerprint density at radius 2 is 1.90 bits per heavy atom. The molecule has 2 aromatic rings. The monoisotopic (exact) mass is 268 g/mol. The second kappa shape index (κ2) is 4.92. The van der Waals surface area contributed by atoms with Crippen molar-refractivity contribution in [3.05, 3.63) is 54.0 Å². The Kier molecular flexibility index (Phi) is 3.10. The van der Waals surface area contributed by atoms with E-state index in [1.807, 2.05) is 18.2 Å². The molecule has 5 heteroatoms. The first-order chi connectivity index (χ1) is 9.71. The van der Waals surface area contributed by atoms with Gasteiger partial charge in [-0.1, -0.05) is 30.3 Å². The van der Waals surface area contributed by atoms with Crippen LogP contribution in [0.25, 0.3) is 0 Å². The number of hydrogen-bond acceptors (Lipinski definition) is 4. The number of aromatic nitrogens is 2. The molecular weight excluding hydrogens is 252 g/mol. The van der Waals surface area contributed by atoms with Crippen LogP contribution >= 0.6 is 0 Å². The van der Waals surface area contributed by atoms with E-state index in [1.54, 1.807) is 0 Å². The first-order valence-electron chi connectivity index (χ1n) is 6.61. The lowest BCUT2D eigenvalue weighted by Crippen LogP contribution is -2.33. The zero-order valence-electron chi connectivity index (χ0n) is 11.0. The molecule has 0 aliphatic heterocycles. The molecule has 0 saturated heterocycles. The van der Waals surface area contributed by atoms with Crippen LogP contribution in [0.3, 0.4) is 0 Å². The first kappa shape index (κ1) is 12.6. The maximum absolute atomic E-state index is 12.1. The molecular formula is C15H16N4O. The lowest BCUT2D eigenvalue weighted by molar-refractivity contribution is 0.0945. The second-order valence-electron chi connectivity index (χ2n) is 5.12. The van der Waals surface area contributed by atoms with Crippen molar-refractivity contribution in [2.75, 3.05) is 12.3 Å². The summed E-state index contributed by atoms with van der Waals surface area (Å²) in [6.07, 6.45) is 5.12. The molecule has 5 nitrogen and oxygen atoms in total. The minimum absolute atomic E-state index is 0.0773. The summed E-state index contributed by atoms with van der Waals surface area (Å²) in [7, 11) is 0. The van der Waals surface area contributed by atoms with Crippen molar-refractivity contribution in [2.45, 2.75) is 18.3 Å². The van der Waals surface area contributed by atoms with Crippen molar-refractivity contribution in [3.63, 3.8) is 0 Å². The van der Waals surface area contributed by atoms with Crippen LogP contribution in [0, 0.1) is 0 Å². The van der Waals surface area contributed by atoms with Gasteiger partial charge in [-0.15, -0.1) is 0 Å². The summed E-state index contributed by atoms with van der Waals surface area (Å²) < 4.78 is 0. The van der Waals surface area contributed by atoms with E-state index in [2.05, 4.69) is 27.4 Å². The molecule has 20 heavy (non-hydrogen) atoms. The number of rotatable bonds is 4. The van der Waals surface area contributed by atoms with E-state index in [4.69, 9.17) is 5.73 Å². The van der Waals surface area contributed by atoms with Crippen LogP contribution in [0.1, 0.15) is 28.9 Å². The zero-order chi connectivity index (χ0) is 14.0. The molecule has 1 heterocycles. The van der Waals surface area contributed by atoms with Crippen molar-refractivity contribution in [1.82, 2.24) is 15.3 Å². The van der Waals surface area contributed by atoms with Crippen molar-refractivity contribution in [2.24, 2.45) is 0 Å². The van der Waals surface area contributed by atoms with Crippen LogP contribution in [-0.2, 0) is 5.41 Å². The van der Waals surface area contributed by atoms with Crippen LogP contribution in [0.15, 0.2) is 42.7 Å². The molecule has 1 aromatic heterocycles. The maximum atomic E-state index is 12.1. The average molecular weight is 268 g/mol. The van der Waals surface area contributed by atoms with Gasteiger partial charge in [0.05, 0.1) is 0 Å². The highest BCUT2D eigenvalue weighted by Crippen LogP contribution is 2.47. The quantitative estimate of drug-likeness (QED) is 0.881. The lowest BCUT2D eigenvalue weighted by atomic mass is 9.96. The Morgan fingerprint density at radius 1 is 1.20 bits per heavy atom. The number of hydrogen-bond donors (Lipinski definition) is 2. The number of nitrogens with two attached hydrogens (primary N) is 1. The third kappa shape index (κ3) is 2.34. The van der Waals surface area contributed by atoms with Gasteiger partial charge < -0.3 is 11.1 Å². The molecule has 3 rings (SSSR count). The third-order valence-corrected chi connectivity index (χ3v) is 3.77. The van der Waals surface area contributed by atoms with Gasteiger partial charge in [0.15, 0.2) is 11.5 Å². The molecule has 1 aliphatic rings. The normalized spacial score (nSPS) is 15.6. The number of carbonyl (C=O) groups excluding carboxylic acids is 1. The number of nitrogens with one attached hydrogen (secondary N) is 1. The Hall–Kier alpha value is -2.43. The number of benzene rings is 1. The van der Waals surface area contributed by atoms with Crippen molar-refractivity contribution in [3.8, 4) is 0 Å². The van der Waals surface area contributed by atoms with Crippen LogP contribution in [0.4, 0.5) is 5.82 Å². The molecule has 1 amide bonds. The van der Waals surface area contributed by atoms with Gasteiger partial charge in [-0.05, 0) is 18.4 Å². The largest absolute Gasteiger partial charge is 0.382 e. The smallest absolute Gasteiger partial charge is 0.273 e. The van der Waals surface area contributed by atoms with Crippen molar-refractivity contribution < 1.29 is 4.79 Å². The molecule has 1 aromatic carbocycles. The number of carbonyl (C=O) groups is 1. The Morgan fingerprint density at radius 3 is 2.55 bits per heavy atom. The van der Waals surface area contributed by atoms with E-state index in [-0.39, 0.29) is 22.8 Å². The van der Waals surface area contributed by atoms with Crippen LogP contribution < -0.4 is 11.1 Å². The van der Waals surface area contributed by atoms with Crippen molar-refractivity contribution >= 4 is 11.7 Å². The Balaban J connectivity index is 1.69. The second-order valence-corrected chi connectivity index (χ2v) is 5.12. The average Bonchev–Trinajstić information content (AvgIpc) is 3.27. The molecule has 0 radical (unpaired) electrons. The maximum Gasteiger partial charge on any atom is 0.273 e. The first-order valence-corrected chi connectivity index (χ1v) is 6.61. The van der Waals surface area contributed by atoms with E-state index in [9.17, 15) is 4.79 Å². The van der Waals surface area contributed by atoms with E-state index in [0.29, 0.717) is 6.54 Å². The van der Waals surface area contributed by atoms with E-state index < -0.39 is 0 Å². The number of anilines is 1. The lowest BCUT2D eigenvalue weighted by Gasteiger charge is -2.16. The highest BCUT2D eigenvalue weighted by atomic mass is 16.1. The van der Waals surface area contributed by atoms with Crippen LogP contribution in [0.5, 0.6) is 0 Å². The predicted molar refractivity (Wildman–Crippen MR) is 76.1 cm³/mol. The van der Waals surface area contributed by atoms with Crippen LogP contribution in [-0.4, -0.2) is 22.4 Å². The van der Waals surface area contributed by atoms with Gasteiger partial charge in [0.1, 0.15) is 0 Å². The van der Waals surface area contributed by atoms with Gasteiger partial charge in [-0.3, -0.25) is 4.79 Å². The number of amides is 1. The van der Waals surface area contributed by atoms with Gasteiger partial charge in [0.25, 0.3) is 5.91 Å². The molecule has 102 valence electrons. The van der Waals surface area contributed by atoms with E-state index >= 15 is 0 Å². The van der Waals surface area contributed by atoms with Gasteiger partial charge in [0.2, 0.25) is 0 Å². The van der Waals surface area contributed by atoms with E-state index in [0.717, 1.165) is 12.8 Å². The highest BCUT2D eigenvalue weighted by molar-refractivity contribution is 5.96. The molecule has 0 spiro atoms. The van der Waals surface area contributed by atoms with Gasteiger partial charge in [-0.2, -0.15) is 0 Å². The van der Waals surface area contributed by atoms with Gasteiger partial charge in [-0.25, -0.2) is 9.97 Å². The number of nitrogens with zero attached hydrogens (tertiary/aromatic N) is 2. The summed E-state index contributed by atoms with van der Waals surface area (Å²) in [5, 5.41) is 2.92. The standard InChI is InChI=1S/C15H16N4O/c16-13-12(17-8-9-18-13)14(20)19-10-15(6-7-15)11-4-2-1-3-5-11/h1-5,8-9H,6-7,10H2,(H2,16,18)(H,19,20). The molecule has 1 fully saturated rings. The predicted octanol–water partition coefficient (Wildman–Crippen LogP) is 1.52. The molecule has 1 aliphatic carbocycles. The van der Waals surface area contributed by atoms with Gasteiger partial charge >= 0.3 is 0 Å². The minimum Gasteiger partial charge on any atom is -0.382 e. The molecule has 1 saturated carbocycles. The summed E-state index contributed by atoms with van der Waals surface area (Å²) in [6, 6.07) is 10.3. The van der Waals surface area contributed by atoms with Crippen LogP contribution in [0.2, 0.25) is 0 Å². The fraction of sp³-hybridized carbons (Fsp3) is 0.267. The Bertz CT molecular complexity index is 623. The minimum atomic E-state index is -0.266. The fourth-order valence-corrected chi connectivity index (χ4v) is 2.37. The highest BCUT2D eigenvalue weighted by Gasteiger charge is 2.44. The SMILES string of the molecule is Nc1nccnc1C(=O)NCC1(c2ccccc2)CC1. The summed E-state index contributed by atoms with van der Waals surface area (Å²) in [5.74, 6) is -0.104. The van der Waals surface area contributed by atoms with Gasteiger partial charge in [0, 0.05) is 24.4 Å². The summed E-state index contributed by atoms with van der Waals surface area (Å²) in [5.41, 5.74) is 7.19. The summed E-state index contributed by atoms with van der Waals surface area (Å²) in [6.45, 7) is 0.603.